The number of fused-ring (bicyclic) bond motifs is 7. The number of rotatable bonds is 10. The summed E-state index contributed by atoms with van der Waals surface area (Å²) in [6.07, 6.45) is 7.03. The van der Waals surface area contributed by atoms with Crippen molar-refractivity contribution in [1.82, 2.24) is 24.8 Å². The van der Waals surface area contributed by atoms with Gasteiger partial charge in [-0.2, -0.15) is 15.2 Å². The number of methoxy groups -OCH3 is 2. The van der Waals surface area contributed by atoms with E-state index in [1.807, 2.05) is 0 Å². The molecule has 0 saturated carbocycles. The van der Waals surface area contributed by atoms with Crippen molar-refractivity contribution in [3.8, 4) is 23.3 Å². The number of nitrogens with two attached hydrogens (primary N) is 1. The van der Waals surface area contributed by atoms with Crippen molar-refractivity contribution in [2.45, 2.75) is 75.5 Å². The van der Waals surface area contributed by atoms with Crippen molar-refractivity contribution in [3.63, 3.8) is 0 Å². The highest BCUT2D eigenvalue weighted by molar-refractivity contribution is 7.23. The van der Waals surface area contributed by atoms with Gasteiger partial charge in [0.2, 0.25) is 0 Å². The first kappa shape index (κ1) is 34.0. The number of aromatic nitrogens is 3. The number of ether oxygens (including phenoxy) is 4. The Kier molecular flexibility index (Phi) is 8.67. The van der Waals surface area contributed by atoms with Crippen LogP contribution in [0, 0.1) is 23.0 Å². The Hall–Kier alpha value is -3.78. The number of nitriles is 1. The molecule has 4 aromatic rings. The number of hydrogen-bond donors (Lipinski definition) is 1. The highest BCUT2D eigenvalue weighted by Crippen LogP contribution is 2.48. The Morgan fingerprint density at radius 1 is 1.12 bits per heavy atom. The molecule has 8 heterocycles. The molecule has 3 aromatic heterocycles. The summed E-state index contributed by atoms with van der Waals surface area (Å²) in [5.74, 6) is -0.590. The molecule has 0 radical (unpaired) electrons. The molecule has 5 aliphatic rings. The van der Waals surface area contributed by atoms with Gasteiger partial charge in [0, 0.05) is 70.0 Å². The van der Waals surface area contributed by atoms with Crippen molar-refractivity contribution in [3.05, 3.63) is 34.5 Å². The Morgan fingerprint density at radius 3 is 2.69 bits per heavy atom. The fraction of sp³-hybridized carbons (Fsp3) is 0.568. The first-order chi connectivity index (χ1) is 25.3. The standard InChI is InChI=1S/C37H42F2N8O4S/c1-48-10-4-8-45-14-20-5-6-21(15-45)47(20)35-29-25-18-50-17-24(25)27(31-28-23(12-40)34(41)52-33(28)26(38)13-42-31)30(39)32(29)43-36(44-35)51-19-37-7-3-9-46(37)16-22(11-37)49-2/h13,20-22H,3-11,14-19,41H2,1-2H3/t20?,21?,22-,37+/m1/s1. The molecule has 9 rings (SSSR count). The third-order valence-electron chi connectivity index (χ3n) is 12.0. The fourth-order valence-electron chi connectivity index (χ4n) is 9.65. The summed E-state index contributed by atoms with van der Waals surface area (Å²) in [5, 5.41) is 11.0. The van der Waals surface area contributed by atoms with E-state index in [0.717, 1.165) is 94.3 Å². The lowest BCUT2D eigenvalue weighted by Crippen LogP contribution is -2.54. The van der Waals surface area contributed by atoms with Gasteiger partial charge in [0.1, 0.15) is 29.0 Å². The number of thiophene rings is 1. The average Bonchev–Trinajstić information content (AvgIpc) is 3.96. The van der Waals surface area contributed by atoms with Gasteiger partial charge in [0.25, 0.3) is 0 Å². The van der Waals surface area contributed by atoms with E-state index in [9.17, 15) is 5.26 Å². The maximum atomic E-state index is 17.6. The number of nitrogen functional groups attached to an aromatic ring is 1. The lowest BCUT2D eigenvalue weighted by Gasteiger charge is -2.42. The number of anilines is 2. The molecule has 5 aliphatic heterocycles. The van der Waals surface area contributed by atoms with E-state index < -0.39 is 11.6 Å². The summed E-state index contributed by atoms with van der Waals surface area (Å²) in [5.41, 5.74) is 7.81. The summed E-state index contributed by atoms with van der Waals surface area (Å²) in [6, 6.07) is 2.57. The van der Waals surface area contributed by atoms with E-state index in [2.05, 4.69) is 25.8 Å². The SMILES string of the molecule is COCCCN1CC2CCC(C1)N2c1nc(OC[C@@]23CCCN2C[C@H](OC)C3)nc2c(F)c(-c3ncc(F)c4sc(N)c(C#N)c34)c3c(c12)COC3. The number of nitrogens with zero attached hydrogens (tertiary/aromatic N) is 7. The molecule has 2 bridgehead atoms. The normalized spacial score (nSPS) is 25.8. The van der Waals surface area contributed by atoms with Crippen LogP contribution in [-0.2, 0) is 27.4 Å². The number of likely N-dealkylation sites (tertiary alicyclic amines) is 1. The van der Waals surface area contributed by atoms with Gasteiger partial charge in [-0.1, -0.05) is 0 Å². The predicted octanol–water partition coefficient (Wildman–Crippen LogP) is 4.99. The third kappa shape index (κ3) is 5.33. The van der Waals surface area contributed by atoms with E-state index >= 15 is 8.78 Å². The first-order valence-corrected chi connectivity index (χ1v) is 19.0. The van der Waals surface area contributed by atoms with Gasteiger partial charge < -0.3 is 29.6 Å². The van der Waals surface area contributed by atoms with Crippen molar-refractivity contribution < 1.29 is 27.7 Å². The monoisotopic (exact) mass is 732 g/mol. The lowest BCUT2D eigenvalue weighted by molar-refractivity contribution is 0.0997. The first-order valence-electron chi connectivity index (χ1n) is 18.1. The van der Waals surface area contributed by atoms with Gasteiger partial charge in [0.15, 0.2) is 11.6 Å². The van der Waals surface area contributed by atoms with Crippen molar-refractivity contribution in [1.29, 1.82) is 5.26 Å². The second kappa shape index (κ2) is 13.3. The molecule has 4 atom stereocenters. The Morgan fingerprint density at radius 2 is 1.92 bits per heavy atom. The van der Waals surface area contributed by atoms with E-state index in [1.54, 1.807) is 14.2 Å². The Bertz CT molecular complexity index is 2100. The van der Waals surface area contributed by atoms with E-state index in [0.29, 0.717) is 30.0 Å². The second-order valence-electron chi connectivity index (χ2n) is 14.8. The summed E-state index contributed by atoms with van der Waals surface area (Å²) < 4.78 is 56.5. The smallest absolute Gasteiger partial charge is 0.319 e. The maximum absolute atomic E-state index is 17.6. The van der Waals surface area contributed by atoms with Crippen LogP contribution in [0.15, 0.2) is 6.20 Å². The van der Waals surface area contributed by atoms with Crippen LogP contribution in [0.5, 0.6) is 6.01 Å². The summed E-state index contributed by atoms with van der Waals surface area (Å²) in [6.45, 7) is 5.93. The molecule has 1 aromatic carbocycles. The summed E-state index contributed by atoms with van der Waals surface area (Å²) >= 11 is 0.957. The minimum absolute atomic E-state index is 0.0767. The maximum Gasteiger partial charge on any atom is 0.319 e. The van der Waals surface area contributed by atoms with Crippen LogP contribution in [-0.4, -0.2) is 109 Å². The Labute approximate surface area is 304 Å². The molecular formula is C37H42F2N8O4S. The van der Waals surface area contributed by atoms with E-state index in [1.165, 1.54) is 0 Å². The molecule has 274 valence electrons. The van der Waals surface area contributed by atoms with Crippen LogP contribution < -0.4 is 15.4 Å². The van der Waals surface area contributed by atoms with Crippen LogP contribution in [0.2, 0.25) is 0 Å². The zero-order chi connectivity index (χ0) is 35.7. The minimum Gasteiger partial charge on any atom is -0.461 e. The van der Waals surface area contributed by atoms with Gasteiger partial charge in [0.05, 0.1) is 52.4 Å². The van der Waals surface area contributed by atoms with Crippen molar-refractivity contribution in [2.24, 2.45) is 0 Å². The number of hydrogen-bond acceptors (Lipinski definition) is 13. The quantitative estimate of drug-likeness (QED) is 0.220. The van der Waals surface area contributed by atoms with E-state index in [4.69, 9.17) is 34.6 Å². The zero-order valence-electron chi connectivity index (χ0n) is 29.4. The van der Waals surface area contributed by atoms with Gasteiger partial charge in [-0.25, -0.2) is 8.78 Å². The van der Waals surface area contributed by atoms with Crippen LogP contribution >= 0.6 is 11.3 Å². The molecule has 52 heavy (non-hydrogen) atoms. The lowest BCUT2D eigenvalue weighted by atomic mass is 9.93. The summed E-state index contributed by atoms with van der Waals surface area (Å²) in [7, 11) is 3.48. The van der Waals surface area contributed by atoms with Gasteiger partial charge in [-0.15, -0.1) is 11.3 Å². The van der Waals surface area contributed by atoms with Crippen LogP contribution in [0.1, 0.15) is 55.2 Å². The van der Waals surface area contributed by atoms with Gasteiger partial charge in [-0.05, 0) is 56.2 Å². The molecule has 4 saturated heterocycles. The molecule has 15 heteroatoms. The highest BCUT2D eigenvalue weighted by Gasteiger charge is 2.50. The molecule has 0 spiro atoms. The Balaban J connectivity index is 1.21. The molecule has 12 nitrogen and oxygen atoms in total. The van der Waals surface area contributed by atoms with Crippen molar-refractivity contribution in [2.75, 3.05) is 70.8 Å². The van der Waals surface area contributed by atoms with Crippen molar-refractivity contribution >= 4 is 43.1 Å². The van der Waals surface area contributed by atoms with Crippen LogP contribution in [0.3, 0.4) is 0 Å². The minimum atomic E-state index is -0.631. The number of benzene rings is 1. The van der Waals surface area contributed by atoms with Crippen LogP contribution in [0.25, 0.3) is 32.2 Å². The van der Waals surface area contributed by atoms with Crippen LogP contribution in [0.4, 0.5) is 19.6 Å². The number of pyridine rings is 1. The van der Waals surface area contributed by atoms with Gasteiger partial charge in [-0.3, -0.25) is 14.8 Å². The third-order valence-corrected chi connectivity index (χ3v) is 13.0. The molecule has 2 unspecified atom stereocenters. The molecule has 4 fully saturated rings. The second-order valence-corrected chi connectivity index (χ2v) is 15.9. The number of piperazine rings is 1. The topological polar surface area (TPSA) is 135 Å². The van der Waals surface area contributed by atoms with E-state index in [-0.39, 0.29) is 80.4 Å². The predicted molar refractivity (Wildman–Crippen MR) is 192 cm³/mol. The highest BCUT2D eigenvalue weighted by atomic mass is 32.1. The zero-order valence-corrected chi connectivity index (χ0v) is 30.2. The fourth-order valence-corrected chi connectivity index (χ4v) is 10.6. The number of halogens is 2. The molecular weight excluding hydrogens is 691 g/mol. The van der Waals surface area contributed by atoms with Gasteiger partial charge >= 0.3 is 6.01 Å². The molecule has 0 aliphatic carbocycles. The molecule has 2 N–H and O–H groups in total. The largest absolute Gasteiger partial charge is 0.461 e. The molecule has 0 amide bonds. The summed E-state index contributed by atoms with van der Waals surface area (Å²) in [4.78, 5) is 21.7. The average molecular weight is 733 g/mol.